The maximum Gasteiger partial charge on any atom is 0.673 e. The minimum Gasteiger partial charge on any atom is -0.418 e. The van der Waals surface area contributed by atoms with Gasteiger partial charge in [0, 0.05) is 16.5 Å². The first-order chi connectivity index (χ1) is 8.00. The normalized spacial score (nSPS) is 11.4. The van der Waals surface area contributed by atoms with Gasteiger partial charge in [0.15, 0.2) is 0 Å². The number of hydrogen-bond donors (Lipinski definition) is 0. The van der Waals surface area contributed by atoms with E-state index >= 15 is 0 Å². The standard InChI is InChI=1S/4BF4.Ni/c4*2-1(3,4)5;/q4*-1;. The molecule has 0 nitrogen and oxygen atoms in total. The first-order valence-electron chi connectivity index (χ1n) is 3.49. The van der Waals surface area contributed by atoms with Crippen LogP contribution in [0.5, 0.6) is 0 Å². The van der Waals surface area contributed by atoms with Gasteiger partial charge in [-0.2, -0.15) is 0 Å². The van der Waals surface area contributed by atoms with Crippen molar-refractivity contribution in [3.8, 4) is 0 Å². The third-order valence-corrected chi connectivity index (χ3v) is 0. The first kappa shape index (κ1) is 32.5. The van der Waals surface area contributed by atoms with Crippen LogP contribution < -0.4 is 0 Å². The van der Waals surface area contributed by atoms with E-state index in [0.29, 0.717) is 0 Å². The molecule has 0 aliphatic rings. The van der Waals surface area contributed by atoms with Crippen LogP contribution in [0.25, 0.3) is 0 Å². The smallest absolute Gasteiger partial charge is 0.418 e. The van der Waals surface area contributed by atoms with E-state index in [1.54, 1.807) is 0 Å². The predicted octanol–water partition coefficient (Wildman–Crippen LogP) is 5.20. The van der Waals surface area contributed by atoms with E-state index in [1.807, 2.05) is 0 Å². The quantitative estimate of drug-likeness (QED) is 0.384. The van der Waals surface area contributed by atoms with Crippen molar-refractivity contribution in [3.63, 3.8) is 0 Å². The average Bonchev–Trinajstić information content (AvgIpc) is 1.62. The van der Waals surface area contributed by atoms with E-state index in [2.05, 4.69) is 0 Å². The van der Waals surface area contributed by atoms with Crippen LogP contribution in [0.3, 0.4) is 0 Å². The summed E-state index contributed by atoms with van der Waals surface area (Å²) in [5, 5.41) is 0. The second kappa shape index (κ2) is 12.2. The van der Waals surface area contributed by atoms with Crippen LogP contribution in [0.1, 0.15) is 0 Å². The van der Waals surface area contributed by atoms with E-state index in [1.165, 1.54) is 0 Å². The van der Waals surface area contributed by atoms with Gasteiger partial charge in [0.1, 0.15) is 0 Å². The monoisotopic (exact) mass is 406 g/mol. The molecule has 0 saturated carbocycles. The minimum atomic E-state index is -6.00. The summed E-state index contributed by atoms with van der Waals surface area (Å²) in [4.78, 5) is 0. The third-order valence-electron chi connectivity index (χ3n) is 0. The van der Waals surface area contributed by atoms with Crippen molar-refractivity contribution in [2.45, 2.75) is 0 Å². The van der Waals surface area contributed by atoms with E-state index < -0.39 is 29.0 Å². The SMILES string of the molecule is F[B-](F)(F)F.F[B-](F)(F)F.F[B-](F)(F)F.F[B-](F)(F)F.[Ni]. The van der Waals surface area contributed by atoms with E-state index in [9.17, 15) is 69.1 Å². The summed E-state index contributed by atoms with van der Waals surface area (Å²) in [6, 6.07) is 0. The molecule has 0 radical (unpaired) electrons. The Balaban J connectivity index is -0.0000000533. The zero-order valence-electron chi connectivity index (χ0n) is 8.67. The summed E-state index contributed by atoms with van der Waals surface area (Å²) < 4.78 is 156. The Kier molecular flexibility index (Phi) is 18.9. The Bertz CT molecular complexity index is 130. The first-order valence-corrected chi connectivity index (χ1v) is 3.49. The van der Waals surface area contributed by atoms with Crippen LogP contribution in [0.15, 0.2) is 0 Å². The molecule has 0 atom stereocenters. The summed E-state index contributed by atoms with van der Waals surface area (Å²) in [6.07, 6.45) is 0. The van der Waals surface area contributed by atoms with Crippen LogP contribution in [0, 0.1) is 0 Å². The second-order valence-corrected chi connectivity index (χ2v) is 1.98. The minimum absolute atomic E-state index is 0. The molecule has 0 aromatic heterocycles. The Hall–Kier alpha value is -0.367. The van der Waals surface area contributed by atoms with E-state index in [-0.39, 0.29) is 16.5 Å². The van der Waals surface area contributed by atoms with Gasteiger partial charge in [0.25, 0.3) is 0 Å². The molecule has 21 heteroatoms. The van der Waals surface area contributed by atoms with Crippen LogP contribution >= 0.6 is 0 Å². The molecule has 0 aromatic carbocycles. The number of rotatable bonds is 0. The molecule has 0 fully saturated rings. The van der Waals surface area contributed by atoms with Gasteiger partial charge < -0.3 is 69.1 Å². The summed E-state index contributed by atoms with van der Waals surface area (Å²) in [5.41, 5.74) is 0. The molecule has 0 amide bonds. The Morgan fingerprint density at radius 1 is 0.238 bits per heavy atom. The number of hydrogen-bond acceptors (Lipinski definition) is 0. The summed E-state index contributed by atoms with van der Waals surface area (Å²) >= 11 is 0. The van der Waals surface area contributed by atoms with Gasteiger partial charge in [-0.1, -0.05) is 0 Å². The van der Waals surface area contributed by atoms with Gasteiger partial charge in [-0.25, -0.2) is 0 Å². The molecule has 138 valence electrons. The Morgan fingerprint density at radius 3 is 0.238 bits per heavy atom. The zero-order chi connectivity index (χ0) is 18.0. The molecular weight excluding hydrogens is 406 g/mol. The number of halogens is 16. The van der Waals surface area contributed by atoms with Gasteiger partial charge >= 0.3 is 29.0 Å². The van der Waals surface area contributed by atoms with Crippen LogP contribution in [-0.2, 0) is 16.5 Å². The summed E-state index contributed by atoms with van der Waals surface area (Å²) in [5.74, 6) is 0. The summed E-state index contributed by atoms with van der Waals surface area (Å²) in [6.45, 7) is 0. The van der Waals surface area contributed by atoms with Crippen LogP contribution in [0.4, 0.5) is 69.1 Å². The molecule has 0 saturated heterocycles. The van der Waals surface area contributed by atoms with Gasteiger partial charge in [-0.15, -0.1) is 0 Å². The molecule has 0 aliphatic heterocycles. The van der Waals surface area contributed by atoms with Gasteiger partial charge in [0.05, 0.1) is 0 Å². The van der Waals surface area contributed by atoms with Crippen molar-refractivity contribution in [1.82, 2.24) is 0 Å². The zero-order valence-corrected chi connectivity index (χ0v) is 9.66. The summed E-state index contributed by atoms with van der Waals surface area (Å²) in [7, 11) is -24.0. The second-order valence-electron chi connectivity index (χ2n) is 1.98. The molecule has 0 bridgehead atoms. The van der Waals surface area contributed by atoms with Crippen molar-refractivity contribution in [3.05, 3.63) is 0 Å². The molecule has 0 spiro atoms. The maximum absolute atomic E-state index is 9.75. The molecule has 0 heterocycles. The van der Waals surface area contributed by atoms with Gasteiger partial charge in [-0.3, -0.25) is 0 Å². The van der Waals surface area contributed by atoms with Crippen molar-refractivity contribution in [2.75, 3.05) is 0 Å². The fourth-order valence-corrected chi connectivity index (χ4v) is 0. The molecule has 0 unspecified atom stereocenters. The Labute approximate surface area is 116 Å². The maximum atomic E-state index is 9.75. The topological polar surface area (TPSA) is 0 Å². The largest absolute Gasteiger partial charge is 0.673 e. The molecule has 0 rings (SSSR count). The van der Waals surface area contributed by atoms with Crippen molar-refractivity contribution >= 4 is 29.0 Å². The van der Waals surface area contributed by atoms with Crippen LogP contribution in [-0.4, -0.2) is 29.0 Å². The van der Waals surface area contributed by atoms with Crippen molar-refractivity contribution in [1.29, 1.82) is 0 Å². The average molecular weight is 406 g/mol. The van der Waals surface area contributed by atoms with Crippen molar-refractivity contribution < 1.29 is 85.5 Å². The van der Waals surface area contributed by atoms with Gasteiger partial charge in [-0.05, 0) is 0 Å². The van der Waals surface area contributed by atoms with E-state index in [4.69, 9.17) is 0 Å². The third kappa shape index (κ3) is 45400. The van der Waals surface area contributed by atoms with Crippen LogP contribution in [0.2, 0.25) is 0 Å². The Morgan fingerprint density at radius 2 is 0.238 bits per heavy atom. The fraction of sp³-hybridized carbons (Fsp3) is 0. The molecule has 0 aromatic rings. The van der Waals surface area contributed by atoms with E-state index in [0.717, 1.165) is 0 Å². The molecule has 0 aliphatic carbocycles. The molecular formula is B4F16Ni-4. The van der Waals surface area contributed by atoms with Gasteiger partial charge in [0.2, 0.25) is 0 Å². The predicted molar refractivity (Wildman–Crippen MR) is 40.7 cm³/mol. The molecule has 21 heavy (non-hydrogen) atoms. The fourth-order valence-electron chi connectivity index (χ4n) is 0. The molecule has 0 N–H and O–H groups in total. The van der Waals surface area contributed by atoms with Crippen molar-refractivity contribution in [2.24, 2.45) is 0 Å².